The summed E-state index contributed by atoms with van der Waals surface area (Å²) in [5.41, 5.74) is 9.43. The van der Waals surface area contributed by atoms with Crippen molar-refractivity contribution in [2.24, 2.45) is 5.73 Å². The lowest BCUT2D eigenvalue weighted by Gasteiger charge is -2.08. The van der Waals surface area contributed by atoms with E-state index >= 15 is 0 Å². The van der Waals surface area contributed by atoms with Crippen LogP contribution in [0.25, 0.3) is 21.9 Å². The van der Waals surface area contributed by atoms with Crippen LogP contribution in [0.15, 0.2) is 48.8 Å². The summed E-state index contributed by atoms with van der Waals surface area (Å²) >= 11 is 0. The Hall–Kier alpha value is -2.13. The molecule has 21 heavy (non-hydrogen) atoms. The monoisotopic (exact) mass is 279 g/mol. The highest BCUT2D eigenvalue weighted by molar-refractivity contribution is 5.98. The molecule has 3 aromatic rings. The summed E-state index contributed by atoms with van der Waals surface area (Å²) in [6.07, 6.45) is 6.44. The smallest absolute Gasteiger partial charge is 0.0568 e. The van der Waals surface area contributed by atoms with Crippen molar-refractivity contribution >= 4 is 10.8 Å². The molecule has 1 aromatic heterocycles. The van der Waals surface area contributed by atoms with Crippen molar-refractivity contribution in [3.05, 3.63) is 54.4 Å². The van der Waals surface area contributed by atoms with Crippen LogP contribution in [-0.4, -0.2) is 9.78 Å². The molecule has 2 aromatic carbocycles. The van der Waals surface area contributed by atoms with E-state index in [1.165, 1.54) is 33.9 Å². The molecule has 2 N–H and O–H groups in total. The Morgan fingerprint density at radius 1 is 1.10 bits per heavy atom. The van der Waals surface area contributed by atoms with Crippen LogP contribution in [0, 0.1) is 0 Å². The van der Waals surface area contributed by atoms with Crippen LogP contribution in [0.3, 0.4) is 0 Å². The number of aromatic nitrogens is 2. The second-order valence-electron chi connectivity index (χ2n) is 5.37. The average Bonchev–Trinajstić information content (AvgIpc) is 3.00. The predicted octanol–water partition coefficient (Wildman–Crippen LogP) is 3.96. The van der Waals surface area contributed by atoms with E-state index in [4.69, 9.17) is 5.73 Å². The summed E-state index contributed by atoms with van der Waals surface area (Å²) in [5.74, 6) is 0. The standard InChI is InChI=1S/C18H21N3/c1-2-3-10-21-13-15(12-20-21)17-9-8-14(11-19)16-6-4-5-7-18(16)17/h4-9,12-13H,2-3,10-11,19H2,1H3. The van der Waals surface area contributed by atoms with Crippen molar-refractivity contribution in [2.45, 2.75) is 32.9 Å². The summed E-state index contributed by atoms with van der Waals surface area (Å²) in [7, 11) is 0. The number of hydrogen-bond acceptors (Lipinski definition) is 2. The lowest BCUT2D eigenvalue weighted by Crippen LogP contribution is -1.98. The number of benzene rings is 2. The fourth-order valence-corrected chi connectivity index (χ4v) is 2.74. The SMILES string of the molecule is CCCCn1cc(-c2ccc(CN)c3ccccc23)cn1. The first-order chi connectivity index (χ1) is 10.3. The van der Waals surface area contributed by atoms with Gasteiger partial charge in [-0.1, -0.05) is 49.7 Å². The normalized spacial score (nSPS) is 11.1. The highest BCUT2D eigenvalue weighted by Crippen LogP contribution is 2.30. The second-order valence-corrected chi connectivity index (χ2v) is 5.37. The topological polar surface area (TPSA) is 43.8 Å². The summed E-state index contributed by atoms with van der Waals surface area (Å²) in [6, 6.07) is 12.7. The summed E-state index contributed by atoms with van der Waals surface area (Å²) < 4.78 is 2.03. The Morgan fingerprint density at radius 2 is 1.90 bits per heavy atom. The van der Waals surface area contributed by atoms with Gasteiger partial charge >= 0.3 is 0 Å². The highest BCUT2D eigenvalue weighted by atomic mass is 15.3. The van der Waals surface area contributed by atoms with E-state index in [0.29, 0.717) is 6.54 Å². The molecule has 1 heterocycles. The van der Waals surface area contributed by atoms with E-state index in [-0.39, 0.29) is 0 Å². The Labute approximate surface area is 125 Å². The number of nitrogens with zero attached hydrogens (tertiary/aromatic N) is 2. The van der Waals surface area contributed by atoms with Gasteiger partial charge in [0.2, 0.25) is 0 Å². The first-order valence-electron chi connectivity index (χ1n) is 7.57. The molecule has 3 rings (SSSR count). The molecule has 0 fully saturated rings. The van der Waals surface area contributed by atoms with Gasteiger partial charge in [0.25, 0.3) is 0 Å². The third kappa shape index (κ3) is 2.69. The van der Waals surface area contributed by atoms with Gasteiger partial charge in [0.1, 0.15) is 0 Å². The van der Waals surface area contributed by atoms with Crippen molar-refractivity contribution in [3.8, 4) is 11.1 Å². The Balaban J connectivity index is 2.06. The molecule has 0 aliphatic carbocycles. The number of rotatable bonds is 5. The molecule has 0 amide bonds. The first kappa shape index (κ1) is 13.8. The Morgan fingerprint density at radius 3 is 2.67 bits per heavy atom. The molecular weight excluding hydrogens is 258 g/mol. The predicted molar refractivity (Wildman–Crippen MR) is 88.0 cm³/mol. The van der Waals surface area contributed by atoms with E-state index in [1.54, 1.807) is 0 Å². The van der Waals surface area contributed by atoms with Gasteiger partial charge in [-0.25, -0.2) is 0 Å². The minimum atomic E-state index is 0.566. The van der Waals surface area contributed by atoms with E-state index in [0.717, 1.165) is 13.0 Å². The van der Waals surface area contributed by atoms with Crippen molar-refractivity contribution < 1.29 is 0 Å². The number of fused-ring (bicyclic) bond motifs is 1. The van der Waals surface area contributed by atoms with E-state index in [2.05, 4.69) is 54.6 Å². The van der Waals surface area contributed by atoms with Crippen molar-refractivity contribution in [1.82, 2.24) is 9.78 Å². The second kappa shape index (κ2) is 6.10. The molecule has 0 aliphatic heterocycles. The summed E-state index contributed by atoms with van der Waals surface area (Å²) in [6.45, 7) is 3.75. The van der Waals surface area contributed by atoms with Crippen molar-refractivity contribution in [1.29, 1.82) is 0 Å². The lowest BCUT2D eigenvalue weighted by molar-refractivity contribution is 0.572. The fraction of sp³-hybridized carbons (Fsp3) is 0.278. The number of unbranched alkanes of at least 4 members (excludes halogenated alkanes) is 1. The maximum atomic E-state index is 5.85. The molecule has 3 nitrogen and oxygen atoms in total. The van der Waals surface area contributed by atoms with Gasteiger partial charge in [-0.2, -0.15) is 5.10 Å². The molecule has 0 bridgehead atoms. The Bertz CT molecular complexity index is 743. The zero-order valence-electron chi connectivity index (χ0n) is 12.4. The van der Waals surface area contributed by atoms with Crippen LogP contribution in [0.1, 0.15) is 25.3 Å². The van der Waals surface area contributed by atoms with Gasteiger partial charge in [0.05, 0.1) is 6.20 Å². The maximum absolute atomic E-state index is 5.85. The van der Waals surface area contributed by atoms with Crippen molar-refractivity contribution in [2.75, 3.05) is 0 Å². The van der Waals surface area contributed by atoms with E-state index in [1.807, 2.05) is 10.9 Å². The van der Waals surface area contributed by atoms with Crippen LogP contribution in [0.5, 0.6) is 0 Å². The molecule has 108 valence electrons. The van der Waals surface area contributed by atoms with Gasteiger partial charge in [-0.3, -0.25) is 4.68 Å². The van der Waals surface area contributed by atoms with Gasteiger partial charge in [0.15, 0.2) is 0 Å². The molecule has 0 aliphatic rings. The fourth-order valence-electron chi connectivity index (χ4n) is 2.74. The molecule has 0 saturated heterocycles. The van der Waals surface area contributed by atoms with Gasteiger partial charge in [0, 0.05) is 24.8 Å². The first-order valence-corrected chi connectivity index (χ1v) is 7.57. The molecular formula is C18H21N3. The van der Waals surface area contributed by atoms with Crippen LogP contribution in [-0.2, 0) is 13.1 Å². The Kier molecular flexibility index (Phi) is 4.02. The quantitative estimate of drug-likeness (QED) is 0.768. The third-order valence-corrected chi connectivity index (χ3v) is 3.92. The van der Waals surface area contributed by atoms with Crippen LogP contribution < -0.4 is 5.73 Å². The minimum absolute atomic E-state index is 0.566. The molecule has 0 spiro atoms. The highest BCUT2D eigenvalue weighted by Gasteiger charge is 2.08. The zero-order valence-corrected chi connectivity index (χ0v) is 12.4. The number of nitrogens with two attached hydrogens (primary N) is 1. The molecule has 0 radical (unpaired) electrons. The molecule has 0 unspecified atom stereocenters. The van der Waals surface area contributed by atoms with Gasteiger partial charge in [-0.15, -0.1) is 0 Å². The van der Waals surface area contributed by atoms with Crippen LogP contribution >= 0.6 is 0 Å². The minimum Gasteiger partial charge on any atom is -0.326 e. The van der Waals surface area contributed by atoms with E-state index in [9.17, 15) is 0 Å². The molecule has 3 heteroatoms. The van der Waals surface area contributed by atoms with Crippen LogP contribution in [0.2, 0.25) is 0 Å². The van der Waals surface area contributed by atoms with Gasteiger partial charge < -0.3 is 5.73 Å². The lowest BCUT2D eigenvalue weighted by atomic mass is 9.97. The van der Waals surface area contributed by atoms with Crippen molar-refractivity contribution in [3.63, 3.8) is 0 Å². The largest absolute Gasteiger partial charge is 0.326 e. The average molecular weight is 279 g/mol. The van der Waals surface area contributed by atoms with Gasteiger partial charge in [-0.05, 0) is 28.3 Å². The number of aryl methyl sites for hydroxylation is 1. The summed E-state index contributed by atoms with van der Waals surface area (Å²) in [5, 5.41) is 6.95. The zero-order chi connectivity index (χ0) is 14.7. The summed E-state index contributed by atoms with van der Waals surface area (Å²) in [4.78, 5) is 0. The molecule has 0 atom stereocenters. The maximum Gasteiger partial charge on any atom is 0.0568 e. The van der Waals surface area contributed by atoms with E-state index < -0.39 is 0 Å². The third-order valence-electron chi connectivity index (χ3n) is 3.92. The van der Waals surface area contributed by atoms with Crippen LogP contribution in [0.4, 0.5) is 0 Å². The number of hydrogen-bond donors (Lipinski definition) is 1. The molecule has 0 saturated carbocycles.